The van der Waals surface area contributed by atoms with Crippen molar-refractivity contribution in [1.82, 2.24) is 24.1 Å². The third-order valence-electron chi connectivity index (χ3n) is 16.3. The minimum absolute atomic E-state index is 0.149. The molecule has 0 aliphatic heterocycles. The van der Waals surface area contributed by atoms with Gasteiger partial charge < -0.3 is 9.13 Å². The Morgan fingerprint density at radius 1 is 0.358 bits per heavy atom. The van der Waals surface area contributed by atoms with E-state index in [2.05, 4.69) is 288 Å². The van der Waals surface area contributed by atoms with Gasteiger partial charge in [-0.3, -0.25) is 0 Å². The molecule has 5 nitrogen and oxygen atoms in total. The van der Waals surface area contributed by atoms with Crippen LogP contribution in [0.25, 0.3) is 144 Å². The summed E-state index contributed by atoms with van der Waals surface area (Å²) in [6.45, 7) is 0. The second-order valence-electron chi connectivity index (χ2n) is 21.0. The highest BCUT2D eigenvalue weighted by molar-refractivity contribution is 7.25. The van der Waals surface area contributed by atoms with Crippen LogP contribution in [0.2, 0.25) is 0 Å². The smallest absolute Gasteiger partial charge is 0.166 e. The molecular formula is C75H49N5S. The molecule has 0 amide bonds. The Morgan fingerprint density at radius 2 is 0.901 bits per heavy atom. The zero-order valence-electron chi connectivity index (χ0n) is 44.0. The largest absolute Gasteiger partial charge is 0.309 e. The molecule has 0 N–H and O–H groups in total. The molecule has 0 radical (unpaired) electrons. The highest BCUT2D eigenvalue weighted by Gasteiger charge is 2.25. The van der Waals surface area contributed by atoms with Gasteiger partial charge in [0.15, 0.2) is 17.5 Å². The van der Waals surface area contributed by atoms with Crippen molar-refractivity contribution in [3.8, 4) is 78.9 Å². The third-order valence-corrected chi connectivity index (χ3v) is 17.5. The maximum Gasteiger partial charge on any atom is 0.166 e. The van der Waals surface area contributed by atoms with E-state index in [1.54, 1.807) is 0 Å². The zero-order chi connectivity index (χ0) is 53.4. The lowest BCUT2D eigenvalue weighted by Gasteiger charge is -2.18. The summed E-state index contributed by atoms with van der Waals surface area (Å²) < 4.78 is 7.41. The Labute approximate surface area is 472 Å². The van der Waals surface area contributed by atoms with Gasteiger partial charge in [0.1, 0.15) is 0 Å². The lowest BCUT2D eigenvalue weighted by atomic mass is 9.90. The van der Waals surface area contributed by atoms with Crippen LogP contribution in [0, 0.1) is 0 Å². The lowest BCUT2D eigenvalue weighted by molar-refractivity contribution is 0.904. The molecule has 4 aromatic heterocycles. The van der Waals surface area contributed by atoms with Crippen molar-refractivity contribution in [3.05, 3.63) is 283 Å². The molecule has 1 aliphatic carbocycles. The summed E-state index contributed by atoms with van der Waals surface area (Å²) in [5, 5.41) is 8.45. The van der Waals surface area contributed by atoms with Crippen LogP contribution in [0.4, 0.5) is 0 Å². The van der Waals surface area contributed by atoms with Crippen LogP contribution in [0.3, 0.4) is 0 Å². The number of nitrogens with zero attached hydrogens (tertiary/aromatic N) is 5. The summed E-state index contributed by atoms with van der Waals surface area (Å²) in [6, 6.07) is 96.2. The average molecular weight is 1050 g/mol. The highest BCUT2D eigenvalue weighted by Crippen LogP contribution is 2.43. The van der Waals surface area contributed by atoms with Crippen molar-refractivity contribution >= 4 is 76.4 Å². The molecule has 1 atom stereocenters. The zero-order valence-corrected chi connectivity index (χ0v) is 44.8. The topological polar surface area (TPSA) is 48.5 Å². The Bertz CT molecular complexity index is 5060. The van der Waals surface area contributed by atoms with Crippen LogP contribution >= 0.6 is 11.3 Å². The molecule has 0 saturated carbocycles. The molecule has 15 aromatic rings. The molecule has 6 heteroatoms. The van der Waals surface area contributed by atoms with E-state index < -0.39 is 0 Å². The molecule has 4 heterocycles. The van der Waals surface area contributed by atoms with E-state index in [4.69, 9.17) is 15.0 Å². The van der Waals surface area contributed by atoms with Crippen LogP contribution in [-0.4, -0.2) is 24.1 Å². The fourth-order valence-corrected chi connectivity index (χ4v) is 13.6. The van der Waals surface area contributed by atoms with Crippen molar-refractivity contribution in [1.29, 1.82) is 0 Å². The number of fused-ring (bicyclic) bond motifs is 9. The van der Waals surface area contributed by atoms with Crippen molar-refractivity contribution in [2.45, 2.75) is 12.3 Å². The highest BCUT2D eigenvalue weighted by atomic mass is 32.1. The van der Waals surface area contributed by atoms with Gasteiger partial charge >= 0.3 is 0 Å². The molecule has 0 fully saturated rings. The van der Waals surface area contributed by atoms with Gasteiger partial charge in [-0.2, -0.15) is 0 Å². The van der Waals surface area contributed by atoms with Gasteiger partial charge in [0, 0.05) is 69.8 Å². The quantitative estimate of drug-likeness (QED) is 0.145. The summed E-state index contributed by atoms with van der Waals surface area (Å²) in [6.07, 6.45) is 5.87. The standard InChI is InChI=1S/C75H49N5S/c1-5-19-48(20-6-1)51-35-37-52(38-36-51)73-76-74(55-41-44-70-63(45-55)57-27-14-16-34-69(57)81-70)78-75(77-73)62-43-40-54(50-23-9-3-10-24-50)47-68(62)80-66-33-18-30-59(72(66)61-42-39-53(46-67(61)80)49-21-7-2-8-22-49)58-29-17-32-65-71(58)60-28-13-15-31-64(60)79(65)56-25-11-4-12-26-56/h1-38,40-47,53H,39H2. The Balaban J connectivity index is 0.978. The predicted molar refractivity (Wildman–Crippen MR) is 338 cm³/mol. The lowest BCUT2D eigenvalue weighted by Crippen LogP contribution is -2.32. The fraction of sp³-hybridized carbons (Fsp3) is 0.0267. The van der Waals surface area contributed by atoms with Gasteiger partial charge in [0.25, 0.3) is 0 Å². The van der Waals surface area contributed by atoms with E-state index in [9.17, 15) is 0 Å². The van der Waals surface area contributed by atoms with E-state index in [1.165, 1.54) is 69.3 Å². The van der Waals surface area contributed by atoms with Crippen LogP contribution in [0.1, 0.15) is 17.9 Å². The van der Waals surface area contributed by atoms with Crippen LogP contribution < -0.4 is 10.6 Å². The monoisotopic (exact) mass is 1050 g/mol. The summed E-state index contributed by atoms with van der Waals surface area (Å²) >= 11 is 1.81. The molecule has 1 aliphatic rings. The third kappa shape index (κ3) is 7.94. The number of benzene rings is 11. The van der Waals surface area contributed by atoms with E-state index in [0.29, 0.717) is 17.5 Å². The summed E-state index contributed by atoms with van der Waals surface area (Å²) in [5.41, 5.74) is 16.5. The first-order chi connectivity index (χ1) is 40.2. The van der Waals surface area contributed by atoms with Gasteiger partial charge in [0.05, 0.1) is 27.6 Å². The first-order valence-electron chi connectivity index (χ1n) is 27.7. The molecule has 0 saturated heterocycles. The van der Waals surface area contributed by atoms with E-state index in [-0.39, 0.29) is 5.92 Å². The fourth-order valence-electron chi connectivity index (χ4n) is 12.6. The molecule has 16 rings (SSSR count). The Kier molecular flexibility index (Phi) is 11.1. The Morgan fingerprint density at radius 3 is 1.65 bits per heavy atom. The minimum Gasteiger partial charge on any atom is -0.309 e. The van der Waals surface area contributed by atoms with Gasteiger partial charge in [-0.25, -0.2) is 15.0 Å². The summed E-state index contributed by atoms with van der Waals surface area (Å²) in [7, 11) is 0. The number of hydrogen-bond donors (Lipinski definition) is 0. The minimum atomic E-state index is 0.149. The summed E-state index contributed by atoms with van der Waals surface area (Å²) in [4.78, 5) is 16.5. The predicted octanol–water partition coefficient (Wildman–Crippen LogP) is 18.0. The molecule has 0 spiro atoms. The number of thiophene rings is 1. The second-order valence-corrected chi connectivity index (χ2v) is 22.1. The number of para-hydroxylation sites is 2. The van der Waals surface area contributed by atoms with E-state index in [1.807, 2.05) is 11.3 Å². The Hall–Kier alpha value is -10.3. The van der Waals surface area contributed by atoms with E-state index in [0.717, 1.165) is 67.6 Å². The van der Waals surface area contributed by atoms with Crippen LogP contribution in [0.15, 0.2) is 267 Å². The number of aromatic nitrogens is 5. The molecular weight excluding hydrogens is 1000 g/mol. The number of hydrogen-bond acceptors (Lipinski definition) is 4. The van der Waals surface area contributed by atoms with E-state index >= 15 is 0 Å². The maximum atomic E-state index is 5.57. The van der Waals surface area contributed by atoms with Gasteiger partial charge in [-0.1, -0.05) is 212 Å². The maximum absolute atomic E-state index is 5.57. The van der Waals surface area contributed by atoms with Crippen molar-refractivity contribution in [2.75, 3.05) is 0 Å². The molecule has 1 unspecified atom stereocenters. The number of rotatable bonds is 9. The molecule has 81 heavy (non-hydrogen) atoms. The van der Waals surface area contributed by atoms with Crippen molar-refractivity contribution in [2.24, 2.45) is 0 Å². The van der Waals surface area contributed by atoms with Gasteiger partial charge in [-0.15, -0.1) is 11.3 Å². The molecule has 11 aromatic carbocycles. The SMILES string of the molecule is C1=c2c(n(-c3cc(-c4ccccc4)ccc3-c3nc(-c4ccc(-c5ccccc5)cc4)nc(-c4ccc5sc6ccccc6c5c4)n3)c3cccc(-c4cccc5c4c4ccccc4n5-c4ccccc4)c23)=CC(c2ccccc2)C1. The van der Waals surface area contributed by atoms with Crippen molar-refractivity contribution in [3.63, 3.8) is 0 Å². The van der Waals surface area contributed by atoms with Gasteiger partial charge in [0.2, 0.25) is 0 Å². The normalized spacial score (nSPS) is 13.2. The molecule has 0 bridgehead atoms. The first kappa shape index (κ1) is 46.8. The van der Waals surface area contributed by atoms with Gasteiger partial charge in [-0.05, 0) is 112 Å². The second kappa shape index (κ2) is 19.3. The summed E-state index contributed by atoms with van der Waals surface area (Å²) in [5.74, 6) is 1.97. The average Bonchev–Trinajstić information content (AvgIpc) is 4.02. The van der Waals surface area contributed by atoms with Crippen LogP contribution in [0.5, 0.6) is 0 Å². The van der Waals surface area contributed by atoms with Crippen LogP contribution in [-0.2, 0) is 0 Å². The van der Waals surface area contributed by atoms with Crippen molar-refractivity contribution < 1.29 is 0 Å². The molecule has 380 valence electrons. The first-order valence-corrected chi connectivity index (χ1v) is 28.5.